The van der Waals surface area contributed by atoms with E-state index in [4.69, 9.17) is 14.2 Å². The molecule has 0 N–H and O–H groups in total. The first-order valence-electron chi connectivity index (χ1n) is 23.9. The van der Waals surface area contributed by atoms with Gasteiger partial charge in [0.15, 0.2) is 6.10 Å². The van der Waals surface area contributed by atoms with Gasteiger partial charge in [0.25, 0.3) is 0 Å². The number of ether oxygens (including phenoxy) is 3. The normalized spacial score (nSPS) is 12.3. The van der Waals surface area contributed by atoms with E-state index in [9.17, 15) is 9.59 Å². The van der Waals surface area contributed by atoms with Crippen molar-refractivity contribution in [3.8, 4) is 0 Å². The lowest BCUT2D eigenvalue weighted by Gasteiger charge is -2.18. The molecule has 0 saturated heterocycles. The van der Waals surface area contributed by atoms with Gasteiger partial charge >= 0.3 is 11.9 Å². The highest BCUT2D eigenvalue weighted by atomic mass is 16.6. The lowest BCUT2D eigenvalue weighted by Crippen LogP contribution is -2.30. The van der Waals surface area contributed by atoms with Gasteiger partial charge < -0.3 is 14.2 Å². The second-order valence-electron chi connectivity index (χ2n) is 16.0. The van der Waals surface area contributed by atoms with Crippen molar-refractivity contribution in [1.82, 2.24) is 0 Å². The van der Waals surface area contributed by atoms with Crippen LogP contribution in [0.15, 0.2) is 24.3 Å². The standard InChI is InChI=1S/C49H92O5/c1-4-7-10-13-16-19-21-23-24-25-27-29-32-35-38-41-44-52-45-47(54-49(51)43-40-37-34-30-18-15-12-9-6-3)46-53-48(50)42-39-36-33-31-28-26-22-20-17-14-11-8-5-2/h20,22-24,47H,4-19,21,25-46H2,1-3H3/b22-20-,24-23-. The third kappa shape index (κ3) is 43.1. The molecule has 318 valence electrons. The average Bonchev–Trinajstić information content (AvgIpc) is 3.17. The summed E-state index contributed by atoms with van der Waals surface area (Å²) in [4.78, 5) is 25.2. The maximum absolute atomic E-state index is 12.7. The fraction of sp³-hybridized carbons (Fsp3) is 0.878. The van der Waals surface area contributed by atoms with Crippen LogP contribution in [0.4, 0.5) is 0 Å². The molecule has 0 aliphatic carbocycles. The zero-order valence-corrected chi connectivity index (χ0v) is 36.5. The Labute approximate surface area is 337 Å². The minimum Gasteiger partial charge on any atom is -0.462 e. The van der Waals surface area contributed by atoms with Crippen LogP contribution >= 0.6 is 0 Å². The van der Waals surface area contributed by atoms with Crippen molar-refractivity contribution in [3.63, 3.8) is 0 Å². The molecule has 0 aliphatic heterocycles. The minimum atomic E-state index is -0.533. The third-order valence-electron chi connectivity index (χ3n) is 10.5. The molecule has 0 bridgehead atoms. The Bertz CT molecular complexity index is 821. The molecule has 0 saturated carbocycles. The molecular weight excluding hydrogens is 669 g/mol. The Morgan fingerprint density at radius 2 is 0.722 bits per heavy atom. The van der Waals surface area contributed by atoms with Crippen molar-refractivity contribution in [2.24, 2.45) is 0 Å². The second kappa shape index (κ2) is 45.8. The Balaban J connectivity index is 4.20. The van der Waals surface area contributed by atoms with Gasteiger partial charge in [-0.05, 0) is 70.6 Å². The lowest BCUT2D eigenvalue weighted by atomic mass is 10.1. The van der Waals surface area contributed by atoms with E-state index in [2.05, 4.69) is 45.1 Å². The molecule has 5 nitrogen and oxygen atoms in total. The molecule has 0 spiro atoms. The summed E-state index contributed by atoms with van der Waals surface area (Å²) in [6, 6.07) is 0. The maximum atomic E-state index is 12.7. The monoisotopic (exact) mass is 761 g/mol. The number of hydrogen-bond donors (Lipinski definition) is 0. The van der Waals surface area contributed by atoms with Crippen molar-refractivity contribution in [1.29, 1.82) is 0 Å². The largest absolute Gasteiger partial charge is 0.462 e. The molecular formula is C49H92O5. The van der Waals surface area contributed by atoms with Crippen molar-refractivity contribution in [3.05, 3.63) is 24.3 Å². The average molecular weight is 761 g/mol. The molecule has 5 heteroatoms. The van der Waals surface area contributed by atoms with Gasteiger partial charge in [0.05, 0.1) is 6.61 Å². The van der Waals surface area contributed by atoms with Gasteiger partial charge in [-0.15, -0.1) is 0 Å². The van der Waals surface area contributed by atoms with E-state index in [1.54, 1.807) is 0 Å². The molecule has 54 heavy (non-hydrogen) atoms. The molecule has 0 aromatic carbocycles. The SMILES string of the molecule is CCCCCC/C=C\CCCCCCCC(=O)OCC(COCCCCCCCC/C=C\CCCCCCCC)OC(=O)CCCCCCCCCCC. The molecule has 0 aliphatic rings. The summed E-state index contributed by atoms with van der Waals surface area (Å²) in [6.45, 7) is 7.80. The number of unbranched alkanes of at least 4 members (excludes halogenated alkanes) is 29. The third-order valence-corrected chi connectivity index (χ3v) is 10.5. The van der Waals surface area contributed by atoms with Crippen LogP contribution in [0.2, 0.25) is 0 Å². The van der Waals surface area contributed by atoms with Gasteiger partial charge in [-0.25, -0.2) is 0 Å². The van der Waals surface area contributed by atoms with Gasteiger partial charge in [-0.2, -0.15) is 0 Å². The molecule has 0 amide bonds. The Morgan fingerprint density at radius 1 is 0.389 bits per heavy atom. The first-order valence-corrected chi connectivity index (χ1v) is 23.9. The molecule has 1 unspecified atom stereocenters. The molecule has 0 fully saturated rings. The van der Waals surface area contributed by atoms with Crippen LogP contribution in [-0.4, -0.2) is 37.9 Å². The predicted molar refractivity (Wildman–Crippen MR) is 233 cm³/mol. The predicted octanol–water partition coefficient (Wildman–Crippen LogP) is 15.7. The summed E-state index contributed by atoms with van der Waals surface area (Å²) in [6.07, 6.45) is 51.8. The number of carbonyl (C=O) groups is 2. The topological polar surface area (TPSA) is 61.8 Å². The highest BCUT2D eigenvalue weighted by Crippen LogP contribution is 2.14. The van der Waals surface area contributed by atoms with Crippen molar-refractivity contribution >= 4 is 11.9 Å². The molecule has 1 atom stereocenters. The van der Waals surface area contributed by atoms with Gasteiger partial charge in [-0.1, -0.05) is 193 Å². The van der Waals surface area contributed by atoms with E-state index >= 15 is 0 Å². The van der Waals surface area contributed by atoms with E-state index < -0.39 is 6.10 Å². The van der Waals surface area contributed by atoms with Crippen LogP contribution in [0, 0.1) is 0 Å². The van der Waals surface area contributed by atoms with Gasteiger partial charge in [0, 0.05) is 19.4 Å². The lowest BCUT2D eigenvalue weighted by molar-refractivity contribution is -0.163. The molecule has 0 rings (SSSR count). The Morgan fingerprint density at radius 3 is 1.15 bits per heavy atom. The van der Waals surface area contributed by atoms with Crippen LogP contribution in [-0.2, 0) is 23.8 Å². The molecule has 0 aromatic heterocycles. The minimum absolute atomic E-state index is 0.0838. The van der Waals surface area contributed by atoms with Crippen LogP contribution in [0.3, 0.4) is 0 Å². The maximum Gasteiger partial charge on any atom is 0.306 e. The summed E-state index contributed by atoms with van der Waals surface area (Å²) < 4.78 is 17.3. The summed E-state index contributed by atoms with van der Waals surface area (Å²) in [7, 11) is 0. The van der Waals surface area contributed by atoms with Gasteiger partial charge in [-0.3, -0.25) is 9.59 Å². The fourth-order valence-corrected chi connectivity index (χ4v) is 6.85. The Hall–Kier alpha value is -1.62. The first kappa shape index (κ1) is 52.4. The highest BCUT2D eigenvalue weighted by molar-refractivity contribution is 5.70. The van der Waals surface area contributed by atoms with Crippen LogP contribution < -0.4 is 0 Å². The highest BCUT2D eigenvalue weighted by Gasteiger charge is 2.17. The second-order valence-corrected chi connectivity index (χ2v) is 16.0. The zero-order valence-electron chi connectivity index (χ0n) is 36.5. The van der Waals surface area contributed by atoms with Crippen molar-refractivity contribution < 1.29 is 23.8 Å². The number of carbonyl (C=O) groups excluding carboxylic acids is 2. The van der Waals surface area contributed by atoms with Gasteiger partial charge in [0.1, 0.15) is 6.61 Å². The summed E-state index contributed by atoms with van der Waals surface area (Å²) in [5.74, 6) is -0.402. The van der Waals surface area contributed by atoms with Crippen LogP contribution in [0.25, 0.3) is 0 Å². The van der Waals surface area contributed by atoms with E-state index in [-0.39, 0.29) is 25.2 Å². The number of allylic oxidation sites excluding steroid dienone is 4. The molecule has 0 heterocycles. The van der Waals surface area contributed by atoms with E-state index in [0.717, 1.165) is 51.4 Å². The van der Waals surface area contributed by atoms with E-state index in [1.165, 1.54) is 167 Å². The summed E-state index contributed by atoms with van der Waals surface area (Å²) in [5, 5.41) is 0. The zero-order chi connectivity index (χ0) is 39.3. The van der Waals surface area contributed by atoms with Gasteiger partial charge in [0.2, 0.25) is 0 Å². The number of rotatable bonds is 44. The van der Waals surface area contributed by atoms with Crippen molar-refractivity contribution in [2.45, 2.75) is 258 Å². The smallest absolute Gasteiger partial charge is 0.306 e. The molecule has 0 aromatic rings. The van der Waals surface area contributed by atoms with E-state index in [0.29, 0.717) is 19.4 Å². The van der Waals surface area contributed by atoms with Crippen molar-refractivity contribution in [2.75, 3.05) is 19.8 Å². The van der Waals surface area contributed by atoms with Crippen LogP contribution in [0.1, 0.15) is 252 Å². The number of esters is 2. The fourth-order valence-electron chi connectivity index (χ4n) is 6.85. The quantitative estimate of drug-likeness (QED) is 0.0352. The summed E-state index contributed by atoms with van der Waals surface area (Å²) in [5.41, 5.74) is 0. The first-order chi connectivity index (χ1) is 26.6. The van der Waals surface area contributed by atoms with Crippen LogP contribution in [0.5, 0.6) is 0 Å². The number of hydrogen-bond acceptors (Lipinski definition) is 5. The Kier molecular flexibility index (Phi) is 44.4. The van der Waals surface area contributed by atoms with E-state index in [1.807, 2.05) is 0 Å². The summed E-state index contributed by atoms with van der Waals surface area (Å²) >= 11 is 0. The molecule has 0 radical (unpaired) electrons.